The molecule has 1 aromatic carbocycles. The predicted molar refractivity (Wildman–Crippen MR) is 122 cm³/mol. The number of nitrogens with one attached hydrogen (secondary N) is 3. The van der Waals surface area contributed by atoms with Crippen LogP contribution in [0.25, 0.3) is 17.4 Å². The van der Waals surface area contributed by atoms with Crippen LogP contribution in [0, 0.1) is 0 Å². The highest BCUT2D eigenvalue weighted by Crippen LogP contribution is 2.22. The molecule has 0 amide bonds. The number of imidazole rings is 1. The molecule has 0 spiro atoms. The Hall–Kier alpha value is -4.74. The van der Waals surface area contributed by atoms with Crippen LogP contribution < -0.4 is 21.8 Å². The molecular formula is C22H20N10O2. The average molecular weight is 456 g/mol. The van der Waals surface area contributed by atoms with Crippen LogP contribution in [0.3, 0.4) is 0 Å². The van der Waals surface area contributed by atoms with Crippen molar-refractivity contribution in [3.63, 3.8) is 0 Å². The van der Waals surface area contributed by atoms with Gasteiger partial charge in [-0.2, -0.15) is 24.7 Å². The van der Waals surface area contributed by atoms with Crippen LogP contribution in [-0.2, 0) is 6.54 Å². The topological polar surface area (TPSA) is 154 Å². The molecule has 1 aliphatic rings. The number of fused-ring (bicyclic) bond motifs is 1. The highest BCUT2D eigenvalue weighted by Gasteiger charge is 2.21. The molecule has 0 bridgehead atoms. The van der Waals surface area contributed by atoms with E-state index in [9.17, 15) is 9.90 Å². The van der Waals surface area contributed by atoms with Gasteiger partial charge in [-0.1, -0.05) is 12.1 Å². The fourth-order valence-corrected chi connectivity index (χ4v) is 3.57. The van der Waals surface area contributed by atoms with Crippen LogP contribution in [-0.4, -0.2) is 50.5 Å². The Morgan fingerprint density at radius 1 is 1.21 bits per heavy atom. The van der Waals surface area contributed by atoms with E-state index in [1.54, 1.807) is 27.7 Å². The van der Waals surface area contributed by atoms with Gasteiger partial charge in [0.05, 0.1) is 17.9 Å². The van der Waals surface area contributed by atoms with Gasteiger partial charge in [0, 0.05) is 24.2 Å². The average Bonchev–Trinajstić information content (AvgIpc) is 3.20. The monoisotopic (exact) mass is 456 g/mol. The predicted octanol–water partition coefficient (Wildman–Crippen LogP) is 0.255. The van der Waals surface area contributed by atoms with Gasteiger partial charge in [0.2, 0.25) is 11.8 Å². The van der Waals surface area contributed by atoms with E-state index >= 15 is 0 Å². The first kappa shape index (κ1) is 19.9. The van der Waals surface area contributed by atoms with Crippen molar-refractivity contribution in [2.45, 2.75) is 25.4 Å². The summed E-state index contributed by atoms with van der Waals surface area (Å²) in [4.78, 5) is 30.2. The summed E-state index contributed by atoms with van der Waals surface area (Å²) in [7, 11) is 0. The summed E-state index contributed by atoms with van der Waals surface area (Å²) in [5, 5.41) is 22.5. The minimum Gasteiger partial charge on any atom is -0.493 e. The van der Waals surface area contributed by atoms with Crippen LogP contribution in [0.15, 0.2) is 58.7 Å². The van der Waals surface area contributed by atoms with E-state index < -0.39 is 5.69 Å². The highest BCUT2D eigenvalue weighted by atomic mass is 16.3. The van der Waals surface area contributed by atoms with Gasteiger partial charge in [0.25, 0.3) is 5.62 Å². The fraction of sp³-hybridized carbons (Fsp3) is 0.182. The number of aromatic amines is 2. The molecule has 4 N–H and O–H groups in total. The van der Waals surface area contributed by atoms with Gasteiger partial charge in [-0.25, -0.2) is 14.5 Å². The number of nitrogens with zero attached hydrogens (tertiary/aromatic N) is 7. The van der Waals surface area contributed by atoms with E-state index in [-0.39, 0.29) is 17.6 Å². The Bertz CT molecular complexity index is 1660. The Morgan fingerprint density at radius 3 is 2.88 bits per heavy atom. The van der Waals surface area contributed by atoms with Gasteiger partial charge >= 0.3 is 5.69 Å². The molecule has 1 saturated carbocycles. The van der Waals surface area contributed by atoms with Crippen molar-refractivity contribution in [2.75, 3.05) is 5.32 Å². The first-order chi connectivity index (χ1) is 16.6. The lowest BCUT2D eigenvalue weighted by Crippen LogP contribution is -2.24. The number of anilines is 1. The zero-order valence-corrected chi connectivity index (χ0v) is 17.9. The smallest absolute Gasteiger partial charge is 0.326 e. The van der Waals surface area contributed by atoms with Crippen molar-refractivity contribution in [1.82, 2.24) is 39.3 Å². The van der Waals surface area contributed by atoms with Gasteiger partial charge < -0.3 is 15.4 Å². The van der Waals surface area contributed by atoms with E-state index in [1.807, 2.05) is 36.5 Å². The number of aromatic hydroxyl groups is 1. The summed E-state index contributed by atoms with van der Waals surface area (Å²) >= 11 is 0. The van der Waals surface area contributed by atoms with Crippen LogP contribution in [0.2, 0.25) is 0 Å². The number of benzene rings is 1. The summed E-state index contributed by atoms with van der Waals surface area (Å²) in [6.07, 6.45) is 8.86. The van der Waals surface area contributed by atoms with Crippen molar-refractivity contribution in [2.24, 2.45) is 4.99 Å². The second-order valence-electron chi connectivity index (χ2n) is 8.00. The van der Waals surface area contributed by atoms with Crippen LogP contribution in [0.1, 0.15) is 24.1 Å². The first-order valence-electron chi connectivity index (χ1n) is 10.8. The molecule has 1 fully saturated rings. The largest absolute Gasteiger partial charge is 0.493 e. The second-order valence-corrected chi connectivity index (χ2v) is 8.00. The van der Waals surface area contributed by atoms with Gasteiger partial charge in [0.15, 0.2) is 5.65 Å². The number of hydrogen-bond donors (Lipinski definition) is 4. The highest BCUT2D eigenvalue weighted by molar-refractivity contribution is 5.57. The van der Waals surface area contributed by atoms with Gasteiger partial charge in [-0.3, -0.25) is 4.98 Å². The number of rotatable bonds is 6. The zero-order chi connectivity index (χ0) is 23.1. The molecule has 1 aliphatic carbocycles. The molecule has 0 aliphatic heterocycles. The lowest BCUT2D eigenvalue weighted by atomic mass is 10.2. The van der Waals surface area contributed by atoms with Crippen molar-refractivity contribution >= 4 is 17.7 Å². The molecule has 0 atom stereocenters. The third kappa shape index (κ3) is 3.92. The maximum Gasteiger partial charge on any atom is 0.326 e. The minimum absolute atomic E-state index is 0.235. The molecule has 0 radical (unpaired) electrons. The lowest BCUT2D eigenvalue weighted by Gasteiger charge is -2.08. The maximum atomic E-state index is 11.5. The Balaban J connectivity index is 1.38. The first-order valence-corrected chi connectivity index (χ1v) is 10.8. The van der Waals surface area contributed by atoms with E-state index in [0.29, 0.717) is 29.0 Å². The van der Waals surface area contributed by atoms with Crippen LogP contribution in [0.5, 0.6) is 5.88 Å². The van der Waals surface area contributed by atoms with Crippen molar-refractivity contribution < 1.29 is 5.11 Å². The SMILES string of the molecule is O=c1[nH]c(O)c(C=c2cnn3c(=NC4CC4)nc(NCc4cccc(-n5cccn5)c4)nc23)[nH]1. The van der Waals surface area contributed by atoms with Crippen LogP contribution >= 0.6 is 0 Å². The van der Waals surface area contributed by atoms with Crippen molar-refractivity contribution in [1.29, 1.82) is 0 Å². The van der Waals surface area contributed by atoms with Gasteiger partial charge in [-0.05, 0) is 42.7 Å². The van der Waals surface area contributed by atoms with Crippen molar-refractivity contribution in [3.05, 3.63) is 81.5 Å². The summed E-state index contributed by atoms with van der Waals surface area (Å²) in [6, 6.07) is 10.1. The standard InChI is InChI=1S/C22H20N10O2/c33-19-17(27-22(34)29-19)10-14-12-25-32-18(14)28-20(30-21(32)26-15-5-6-15)23-11-13-3-1-4-16(9-13)31-8-2-7-24-31/h1-4,7-10,12,15,33H,5-6,11H2,(H,23,26,30)(H2,27,29,34). The normalized spacial score (nSPS) is 14.8. The Kier molecular flexibility index (Phi) is 4.68. The molecule has 170 valence electrons. The van der Waals surface area contributed by atoms with E-state index in [0.717, 1.165) is 24.1 Å². The fourth-order valence-electron chi connectivity index (χ4n) is 3.57. The molecule has 4 heterocycles. The van der Waals surface area contributed by atoms with E-state index in [2.05, 4.69) is 40.4 Å². The van der Waals surface area contributed by atoms with Crippen LogP contribution in [0.4, 0.5) is 5.95 Å². The lowest BCUT2D eigenvalue weighted by molar-refractivity contribution is 0.454. The zero-order valence-electron chi connectivity index (χ0n) is 17.9. The molecule has 12 nitrogen and oxygen atoms in total. The molecule has 5 aromatic rings. The molecule has 4 aromatic heterocycles. The van der Waals surface area contributed by atoms with E-state index in [4.69, 9.17) is 0 Å². The summed E-state index contributed by atoms with van der Waals surface area (Å²) in [5.74, 6) is 0.148. The summed E-state index contributed by atoms with van der Waals surface area (Å²) in [5.41, 5.74) is 2.68. The molecule has 34 heavy (non-hydrogen) atoms. The number of aromatic nitrogens is 8. The quantitative estimate of drug-likeness (QED) is 0.286. The summed E-state index contributed by atoms with van der Waals surface area (Å²) < 4.78 is 3.36. The van der Waals surface area contributed by atoms with Gasteiger partial charge in [0.1, 0.15) is 5.69 Å². The maximum absolute atomic E-state index is 11.5. The van der Waals surface area contributed by atoms with E-state index in [1.165, 1.54) is 0 Å². The van der Waals surface area contributed by atoms with Gasteiger partial charge in [-0.15, -0.1) is 0 Å². The third-order valence-corrected chi connectivity index (χ3v) is 5.39. The second kappa shape index (κ2) is 7.99. The third-order valence-electron chi connectivity index (χ3n) is 5.39. The summed E-state index contributed by atoms with van der Waals surface area (Å²) in [6.45, 7) is 0.493. The molecule has 0 unspecified atom stereocenters. The Morgan fingerprint density at radius 2 is 2.12 bits per heavy atom. The number of hydrogen-bond acceptors (Lipinski definition) is 8. The van der Waals surface area contributed by atoms with Crippen molar-refractivity contribution in [3.8, 4) is 11.6 Å². The molecule has 6 rings (SSSR count). The number of H-pyrrole nitrogens is 2. The Labute approximate surface area is 191 Å². The minimum atomic E-state index is -0.501. The molecular weight excluding hydrogens is 436 g/mol. The molecule has 0 saturated heterocycles. The molecule has 12 heteroatoms.